The molecule has 1 aromatic rings. The van der Waals surface area contributed by atoms with Gasteiger partial charge in [0.05, 0.1) is 22.7 Å². The number of nitrogens with one attached hydrogen (secondary N) is 1. The summed E-state index contributed by atoms with van der Waals surface area (Å²) in [5.41, 5.74) is 0.754. The van der Waals surface area contributed by atoms with Crippen LogP contribution in [0.2, 0.25) is 10.0 Å². The maximum Gasteiger partial charge on any atom is 0.407 e. The first-order chi connectivity index (χ1) is 7.58. The molecular formula is C10H10Cl3NO3. The van der Waals surface area contributed by atoms with Crippen molar-refractivity contribution in [3.8, 4) is 5.75 Å². The standard InChI is InChI=1S/C10H9Cl2NO3.ClH/c11-6-3-5(4-7(12)9(6)14)8-1-2-16-10(15)13-8;/h3-4,8,14H,1-2H2,(H,13,15);1H/t8-;/m0./s1. The SMILES string of the molecule is Cl.O=C1N[C@H](c2cc(Cl)c(O)c(Cl)c2)CCO1. The number of aromatic hydroxyl groups is 1. The molecule has 1 amide bonds. The van der Waals surface area contributed by atoms with Gasteiger partial charge in [0, 0.05) is 6.42 Å². The Morgan fingerprint density at radius 2 is 1.94 bits per heavy atom. The number of ether oxygens (including phenoxy) is 1. The monoisotopic (exact) mass is 297 g/mol. The second-order valence-electron chi connectivity index (χ2n) is 3.45. The lowest BCUT2D eigenvalue weighted by Crippen LogP contribution is -2.35. The van der Waals surface area contributed by atoms with Crippen LogP contribution < -0.4 is 5.32 Å². The first kappa shape index (κ1) is 14.2. The van der Waals surface area contributed by atoms with E-state index in [0.29, 0.717) is 13.0 Å². The molecule has 0 aliphatic carbocycles. The fourth-order valence-corrected chi connectivity index (χ4v) is 2.07. The lowest BCUT2D eigenvalue weighted by Gasteiger charge is -2.24. The number of rotatable bonds is 1. The summed E-state index contributed by atoms with van der Waals surface area (Å²) in [6.45, 7) is 0.354. The normalized spacial score (nSPS) is 18.9. The second kappa shape index (κ2) is 5.67. The summed E-state index contributed by atoms with van der Waals surface area (Å²) in [6, 6.07) is 2.98. The quantitative estimate of drug-likeness (QED) is 0.836. The van der Waals surface area contributed by atoms with Gasteiger partial charge in [0.25, 0.3) is 0 Å². The van der Waals surface area contributed by atoms with E-state index < -0.39 is 6.09 Å². The van der Waals surface area contributed by atoms with Crippen molar-refractivity contribution in [3.63, 3.8) is 0 Å². The third-order valence-corrected chi connectivity index (χ3v) is 2.95. The van der Waals surface area contributed by atoms with E-state index in [1.165, 1.54) is 0 Å². The van der Waals surface area contributed by atoms with Crippen LogP contribution in [-0.4, -0.2) is 17.8 Å². The third kappa shape index (κ3) is 3.09. The molecule has 0 bridgehead atoms. The van der Waals surface area contributed by atoms with Gasteiger partial charge in [-0.15, -0.1) is 12.4 Å². The number of hydrogen-bond acceptors (Lipinski definition) is 3. The van der Waals surface area contributed by atoms with Crippen LogP contribution in [0.4, 0.5) is 4.79 Å². The molecular weight excluding hydrogens is 288 g/mol. The smallest absolute Gasteiger partial charge is 0.407 e. The number of alkyl carbamates (subject to hydrolysis) is 1. The molecule has 1 aromatic carbocycles. The van der Waals surface area contributed by atoms with E-state index in [9.17, 15) is 9.90 Å². The predicted molar refractivity (Wildman–Crippen MR) is 67.2 cm³/mol. The van der Waals surface area contributed by atoms with Gasteiger partial charge in [-0.3, -0.25) is 0 Å². The van der Waals surface area contributed by atoms with Gasteiger partial charge in [-0.25, -0.2) is 4.79 Å². The molecule has 0 unspecified atom stereocenters. The average Bonchev–Trinajstić information content (AvgIpc) is 2.25. The fourth-order valence-electron chi connectivity index (χ4n) is 1.56. The minimum atomic E-state index is -0.462. The van der Waals surface area contributed by atoms with Gasteiger partial charge in [0.15, 0.2) is 5.75 Å². The number of cyclic esters (lactones) is 1. The van der Waals surface area contributed by atoms with E-state index in [1.54, 1.807) is 12.1 Å². The Morgan fingerprint density at radius 1 is 1.35 bits per heavy atom. The summed E-state index contributed by atoms with van der Waals surface area (Å²) in [7, 11) is 0. The molecule has 2 rings (SSSR count). The molecule has 1 saturated heterocycles. The largest absolute Gasteiger partial charge is 0.505 e. The van der Waals surface area contributed by atoms with E-state index in [-0.39, 0.29) is 34.2 Å². The number of phenols is 1. The number of amides is 1. The van der Waals surface area contributed by atoms with Crippen LogP contribution in [0.25, 0.3) is 0 Å². The summed E-state index contributed by atoms with van der Waals surface area (Å²) in [6.07, 6.45) is 0.181. The van der Waals surface area contributed by atoms with Crippen molar-refractivity contribution < 1.29 is 14.6 Å². The van der Waals surface area contributed by atoms with Gasteiger partial charge in [-0.1, -0.05) is 23.2 Å². The molecule has 1 aliphatic rings. The molecule has 1 fully saturated rings. The van der Waals surface area contributed by atoms with Gasteiger partial charge in [0.2, 0.25) is 0 Å². The maximum atomic E-state index is 11.0. The van der Waals surface area contributed by atoms with Crippen molar-refractivity contribution in [1.29, 1.82) is 0 Å². The van der Waals surface area contributed by atoms with Gasteiger partial charge in [-0.05, 0) is 17.7 Å². The predicted octanol–water partition coefficient (Wildman–Crippen LogP) is 3.29. The Bertz CT molecular complexity index is 416. The van der Waals surface area contributed by atoms with Crippen LogP contribution in [0.1, 0.15) is 18.0 Å². The van der Waals surface area contributed by atoms with Crippen molar-refractivity contribution in [2.24, 2.45) is 0 Å². The Labute approximate surface area is 114 Å². The van der Waals surface area contributed by atoms with E-state index in [2.05, 4.69) is 5.32 Å². The number of halogens is 3. The van der Waals surface area contributed by atoms with Crippen LogP contribution in [0, 0.1) is 0 Å². The van der Waals surface area contributed by atoms with Crippen LogP contribution in [0.15, 0.2) is 12.1 Å². The van der Waals surface area contributed by atoms with Crippen LogP contribution in [0.3, 0.4) is 0 Å². The van der Waals surface area contributed by atoms with Crippen molar-refractivity contribution in [1.82, 2.24) is 5.32 Å². The number of carbonyl (C=O) groups is 1. The topological polar surface area (TPSA) is 58.6 Å². The number of hydrogen-bond donors (Lipinski definition) is 2. The lowest BCUT2D eigenvalue weighted by molar-refractivity contribution is 0.115. The highest BCUT2D eigenvalue weighted by Crippen LogP contribution is 2.35. The van der Waals surface area contributed by atoms with E-state index in [1.807, 2.05) is 0 Å². The van der Waals surface area contributed by atoms with Gasteiger partial charge in [0.1, 0.15) is 0 Å². The molecule has 17 heavy (non-hydrogen) atoms. The molecule has 1 atom stereocenters. The van der Waals surface area contributed by atoms with Crippen LogP contribution in [0.5, 0.6) is 5.75 Å². The molecule has 1 heterocycles. The molecule has 1 aliphatic heterocycles. The van der Waals surface area contributed by atoms with Gasteiger partial charge >= 0.3 is 6.09 Å². The zero-order valence-electron chi connectivity index (χ0n) is 8.57. The molecule has 0 saturated carbocycles. The first-order valence-electron chi connectivity index (χ1n) is 4.69. The van der Waals surface area contributed by atoms with E-state index >= 15 is 0 Å². The second-order valence-corrected chi connectivity index (χ2v) is 4.27. The molecule has 4 nitrogen and oxygen atoms in total. The highest BCUT2D eigenvalue weighted by Gasteiger charge is 2.22. The van der Waals surface area contributed by atoms with Crippen molar-refractivity contribution in [2.75, 3.05) is 6.61 Å². The summed E-state index contributed by atoms with van der Waals surface area (Å²) >= 11 is 11.6. The van der Waals surface area contributed by atoms with Crippen LogP contribution in [-0.2, 0) is 4.74 Å². The zero-order chi connectivity index (χ0) is 11.7. The summed E-state index contributed by atoms with van der Waals surface area (Å²) < 4.78 is 4.75. The van der Waals surface area contributed by atoms with Crippen molar-refractivity contribution in [2.45, 2.75) is 12.5 Å². The van der Waals surface area contributed by atoms with Gasteiger partial charge in [-0.2, -0.15) is 0 Å². The minimum absolute atomic E-state index is 0. The number of phenolic OH excluding ortho intramolecular Hbond substituents is 1. The Kier molecular flexibility index (Phi) is 4.74. The minimum Gasteiger partial charge on any atom is -0.505 e. The van der Waals surface area contributed by atoms with Gasteiger partial charge < -0.3 is 15.2 Å². The molecule has 0 radical (unpaired) electrons. The lowest BCUT2D eigenvalue weighted by atomic mass is 10.0. The molecule has 7 heteroatoms. The highest BCUT2D eigenvalue weighted by atomic mass is 35.5. The number of benzene rings is 1. The Balaban J connectivity index is 0.00000144. The average molecular weight is 299 g/mol. The Hall–Kier alpha value is -0.840. The summed E-state index contributed by atoms with van der Waals surface area (Å²) in [5, 5.41) is 12.4. The van der Waals surface area contributed by atoms with E-state index in [0.717, 1.165) is 5.56 Å². The van der Waals surface area contributed by atoms with E-state index in [4.69, 9.17) is 27.9 Å². The third-order valence-electron chi connectivity index (χ3n) is 2.37. The maximum absolute atomic E-state index is 11.0. The highest BCUT2D eigenvalue weighted by molar-refractivity contribution is 6.37. The molecule has 0 aromatic heterocycles. The van der Waals surface area contributed by atoms with Crippen molar-refractivity contribution >= 4 is 41.7 Å². The summed E-state index contributed by atoms with van der Waals surface area (Å²) in [4.78, 5) is 11.0. The van der Waals surface area contributed by atoms with Crippen LogP contribution >= 0.6 is 35.6 Å². The molecule has 2 N–H and O–H groups in total. The van der Waals surface area contributed by atoms with Crippen molar-refractivity contribution in [3.05, 3.63) is 27.7 Å². The molecule has 94 valence electrons. The first-order valence-corrected chi connectivity index (χ1v) is 5.44. The number of carbonyl (C=O) groups excluding carboxylic acids is 1. The summed E-state index contributed by atoms with van der Waals surface area (Å²) in [5.74, 6) is -0.148. The fraction of sp³-hybridized carbons (Fsp3) is 0.300. The Morgan fingerprint density at radius 3 is 2.47 bits per heavy atom. The zero-order valence-corrected chi connectivity index (χ0v) is 10.9. The molecule has 0 spiro atoms.